The molecule has 1 rings (SSSR count). The summed E-state index contributed by atoms with van der Waals surface area (Å²) >= 11 is 0. The Morgan fingerprint density at radius 1 is 1.33 bits per heavy atom. The lowest BCUT2D eigenvalue weighted by Crippen LogP contribution is -2.30. The van der Waals surface area contributed by atoms with Gasteiger partial charge in [0.1, 0.15) is 0 Å². The van der Waals surface area contributed by atoms with Crippen LogP contribution in [0, 0.1) is 11.3 Å². The van der Waals surface area contributed by atoms with Gasteiger partial charge >= 0.3 is 0 Å². The summed E-state index contributed by atoms with van der Waals surface area (Å²) < 4.78 is 25.8. The van der Waals surface area contributed by atoms with Crippen LogP contribution in [0.3, 0.4) is 0 Å². The largest absolute Gasteiger partial charge is 0.396 e. The van der Waals surface area contributed by atoms with Crippen LogP contribution in [0.1, 0.15) is 33.1 Å². The predicted octanol–water partition coefficient (Wildman–Crippen LogP) is 2.44. The molecule has 0 aliphatic heterocycles. The molecule has 1 atom stereocenters. The van der Waals surface area contributed by atoms with Crippen molar-refractivity contribution in [1.82, 2.24) is 0 Å². The van der Waals surface area contributed by atoms with E-state index < -0.39 is 11.3 Å². The average molecular weight is 178 g/mol. The van der Waals surface area contributed by atoms with Gasteiger partial charge in [-0.05, 0) is 12.3 Å². The molecule has 1 saturated carbocycles. The Morgan fingerprint density at radius 2 is 1.92 bits per heavy atom. The van der Waals surface area contributed by atoms with Crippen molar-refractivity contribution in [3.05, 3.63) is 0 Å². The van der Waals surface area contributed by atoms with E-state index in [0.717, 1.165) is 0 Å². The lowest BCUT2D eigenvalue weighted by Gasteiger charge is -2.30. The van der Waals surface area contributed by atoms with Crippen molar-refractivity contribution in [2.24, 2.45) is 11.3 Å². The van der Waals surface area contributed by atoms with Crippen LogP contribution in [0.5, 0.6) is 0 Å². The summed E-state index contributed by atoms with van der Waals surface area (Å²) in [7, 11) is 0. The monoisotopic (exact) mass is 178 g/mol. The molecule has 0 spiro atoms. The fourth-order valence-electron chi connectivity index (χ4n) is 1.93. The van der Waals surface area contributed by atoms with Crippen molar-refractivity contribution < 1.29 is 13.9 Å². The zero-order valence-electron chi connectivity index (χ0n) is 7.61. The van der Waals surface area contributed by atoms with Crippen molar-refractivity contribution in [1.29, 1.82) is 0 Å². The van der Waals surface area contributed by atoms with Crippen molar-refractivity contribution in [3.63, 3.8) is 0 Å². The van der Waals surface area contributed by atoms with Crippen molar-refractivity contribution >= 4 is 0 Å². The molecule has 1 aliphatic carbocycles. The lowest BCUT2D eigenvalue weighted by atomic mass is 9.76. The number of rotatable bonds is 2. The molecule has 1 aliphatic rings. The molecule has 3 heteroatoms. The molecule has 1 nitrogen and oxygen atoms in total. The van der Waals surface area contributed by atoms with Crippen molar-refractivity contribution in [3.8, 4) is 0 Å². The van der Waals surface area contributed by atoms with E-state index in [1.54, 1.807) is 0 Å². The predicted molar refractivity (Wildman–Crippen MR) is 43.2 cm³/mol. The molecule has 1 N–H and O–H groups in total. The zero-order valence-corrected chi connectivity index (χ0v) is 7.61. The van der Waals surface area contributed by atoms with Gasteiger partial charge in [-0.3, -0.25) is 0 Å². The maximum Gasteiger partial charge on any atom is 0.248 e. The fourth-order valence-corrected chi connectivity index (χ4v) is 1.93. The molecule has 0 aromatic heterocycles. The van der Waals surface area contributed by atoms with E-state index in [9.17, 15) is 8.78 Å². The van der Waals surface area contributed by atoms with Crippen LogP contribution in [-0.4, -0.2) is 17.6 Å². The highest BCUT2D eigenvalue weighted by atomic mass is 19.3. The van der Waals surface area contributed by atoms with Gasteiger partial charge in [-0.25, -0.2) is 8.78 Å². The van der Waals surface area contributed by atoms with Crippen LogP contribution in [0.25, 0.3) is 0 Å². The first-order valence-electron chi connectivity index (χ1n) is 4.41. The first-order chi connectivity index (χ1) is 5.42. The van der Waals surface area contributed by atoms with E-state index >= 15 is 0 Å². The van der Waals surface area contributed by atoms with Gasteiger partial charge in [-0.1, -0.05) is 13.8 Å². The van der Waals surface area contributed by atoms with Crippen LogP contribution < -0.4 is 0 Å². The standard InChI is InChI=1S/C9H16F2O/c1-7(2)8(6-12)3-4-9(10,11)5-8/h7,12H,3-6H2,1-2H3/t8-/m1/s1. The number of hydrogen-bond acceptors (Lipinski definition) is 1. The molecule has 72 valence electrons. The third-order valence-electron chi connectivity index (χ3n) is 3.14. The summed E-state index contributed by atoms with van der Waals surface area (Å²) in [4.78, 5) is 0. The van der Waals surface area contributed by atoms with Gasteiger partial charge in [0, 0.05) is 24.9 Å². The van der Waals surface area contributed by atoms with E-state index in [0.29, 0.717) is 6.42 Å². The molecule has 0 aromatic rings. The summed E-state index contributed by atoms with van der Waals surface area (Å²) in [5, 5.41) is 9.09. The number of aliphatic hydroxyl groups excluding tert-OH is 1. The Labute approximate surface area is 71.8 Å². The van der Waals surface area contributed by atoms with Crippen LogP contribution in [0.4, 0.5) is 8.78 Å². The second-order valence-electron chi connectivity index (χ2n) is 4.21. The minimum atomic E-state index is -2.55. The van der Waals surface area contributed by atoms with Crippen LogP contribution >= 0.6 is 0 Å². The van der Waals surface area contributed by atoms with Crippen molar-refractivity contribution in [2.45, 2.75) is 39.0 Å². The smallest absolute Gasteiger partial charge is 0.248 e. The molecule has 0 amide bonds. The van der Waals surface area contributed by atoms with Gasteiger partial charge in [-0.2, -0.15) is 0 Å². The Hall–Kier alpha value is -0.180. The molecule has 0 saturated heterocycles. The Balaban J connectivity index is 2.73. The van der Waals surface area contributed by atoms with E-state index in [2.05, 4.69) is 0 Å². The fraction of sp³-hybridized carbons (Fsp3) is 1.00. The molecule has 0 heterocycles. The van der Waals surface area contributed by atoms with Crippen molar-refractivity contribution in [2.75, 3.05) is 6.61 Å². The van der Waals surface area contributed by atoms with Gasteiger partial charge in [-0.15, -0.1) is 0 Å². The lowest BCUT2D eigenvalue weighted by molar-refractivity contribution is -0.0220. The minimum absolute atomic E-state index is 0.0637. The summed E-state index contributed by atoms with van der Waals surface area (Å²) in [5.41, 5.74) is -0.524. The number of halogens is 2. The summed E-state index contributed by atoms with van der Waals surface area (Å²) in [5.74, 6) is -2.41. The van der Waals surface area contributed by atoms with Crippen LogP contribution in [0.15, 0.2) is 0 Å². The molecule has 0 unspecified atom stereocenters. The highest BCUT2D eigenvalue weighted by Crippen LogP contribution is 2.50. The first kappa shape index (κ1) is 9.90. The van der Waals surface area contributed by atoms with Gasteiger partial charge in [0.05, 0.1) is 0 Å². The molecule has 0 bridgehead atoms. The molecule has 0 radical (unpaired) electrons. The first-order valence-corrected chi connectivity index (χ1v) is 4.41. The number of hydrogen-bond donors (Lipinski definition) is 1. The average Bonchev–Trinajstić information content (AvgIpc) is 2.27. The quantitative estimate of drug-likeness (QED) is 0.688. The molecular formula is C9H16F2O. The van der Waals surface area contributed by atoms with Crippen LogP contribution in [-0.2, 0) is 0 Å². The van der Waals surface area contributed by atoms with Crippen LogP contribution in [0.2, 0.25) is 0 Å². The summed E-state index contributed by atoms with van der Waals surface area (Å²) in [6.07, 6.45) is 0.244. The van der Waals surface area contributed by atoms with E-state index in [1.165, 1.54) is 0 Å². The van der Waals surface area contributed by atoms with E-state index in [-0.39, 0.29) is 25.4 Å². The SMILES string of the molecule is CC(C)[C@]1(CO)CCC(F)(F)C1. The van der Waals surface area contributed by atoms with E-state index in [1.807, 2.05) is 13.8 Å². The van der Waals surface area contributed by atoms with Gasteiger partial charge < -0.3 is 5.11 Å². The topological polar surface area (TPSA) is 20.2 Å². The normalized spacial score (nSPS) is 34.5. The number of aliphatic hydroxyl groups is 1. The highest BCUT2D eigenvalue weighted by molar-refractivity contribution is 4.94. The molecular weight excluding hydrogens is 162 g/mol. The van der Waals surface area contributed by atoms with E-state index in [4.69, 9.17) is 5.11 Å². The highest BCUT2D eigenvalue weighted by Gasteiger charge is 2.50. The third kappa shape index (κ3) is 1.60. The summed E-state index contributed by atoms with van der Waals surface area (Å²) in [6.45, 7) is 3.69. The van der Waals surface area contributed by atoms with Gasteiger partial charge in [0.25, 0.3) is 0 Å². The Bertz CT molecular complexity index is 168. The third-order valence-corrected chi connectivity index (χ3v) is 3.14. The van der Waals surface area contributed by atoms with Gasteiger partial charge in [0.15, 0.2) is 0 Å². The maximum atomic E-state index is 12.9. The molecule has 0 aromatic carbocycles. The zero-order chi connectivity index (χ0) is 9.41. The summed E-state index contributed by atoms with van der Waals surface area (Å²) in [6, 6.07) is 0. The number of alkyl halides is 2. The molecule has 12 heavy (non-hydrogen) atoms. The maximum absolute atomic E-state index is 12.9. The Kier molecular flexibility index (Phi) is 2.43. The second-order valence-corrected chi connectivity index (χ2v) is 4.21. The minimum Gasteiger partial charge on any atom is -0.396 e. The van der Waals surface area contributed by atoms with Gasteiger partial charge in [0.2, 0.25) is 5.92 Å². The molecule has 1 fully saturated rings. The Morgan fingerprint density at radius 3 is 2.08 bits per heavy atom. The second kappa shape index (κ2) is 2.95.